The van der Waals surface area contributed by atoms with Crippen LogP contribution in [0.15, 0.2) is 0 Å². The Bertz CT molecular complexity index is 795. The van der Waals surface area contributed by atoms with Gasteiger partial charge in [0.25, 0.3) is 5.91 Å². The molecule has 0 saturated carbocycles. The molecule has 202 valence electrons. The van der Waals surface area contributed by atoms with Crippen LogP contribution in [0.2, 0.25) is 0 Å². The van der Waals surface area contributed by atoms with Crippen LogP contribution in [0.4, 0.5) is 74.6 Å². The van der Waals surface area contributed by atoms with Gasteiger partial charge in [0.05, 0.1) is 0 Å². The Hall–Kier alpha value is -1.25. The fourth-order valence-electron chi connectivity index (χ4n) is 1.90. The van der Waals surface area contributed by atoms with Crippen molar-refractivity contribution in [1.29, 1.82) is 0 Å². The van der Waals surface area contributed by atoms with Crippen LogP contribution in [-0.4, -0.2) is 78.0 Å². The number of carboxylic acid groups (broad SMARTS) is 1. The first-order chi connectivity index (χ1) is 14.5. The summed E-state index contributed by atoms with van der Waals surface area (Å²) in [4.78, 5) is 20.5. The van der Waals surface area contributed by atoms with Crippen LogP contribution in [0.1, 0.15) is 6.42 Å². The number of amides is 1. The topological polar surface area (TPSA) is 60.4 Å². The van der Waals surface area contributed by atoms with Crippen LogP contribution in [-0.2, 0) is 9.59 Å². The van der Waals surface area contributed by atoms with Crippen LogP contribution in [0.25, 0.3) is 0 Å². The van der Waals surface area contributed by atoms with E-state index in [1.54, 1.807) is 0 Å². The molecule has 0 spiro atoms. The smallest absolute Gasteiger partial charge is 0.550 e. The van der Waals surface area contributed by atoms with Gasteiger partial charge >= 0.3 is 77.2 Å². The summed E-state index contributed by atoms with van der Waals surface area (Å²) in [5.74, 6) is -64.4. The fraction of sp³-hybridized carbons (Fsp3) is 0.846. The summed E-state index contributed by atoms with van der Waals surface area (Å²) in [6.45, 7) is -1.58. The summed E-state index contributed by atoms with van der Waals surface area (Å²) in [6, 6.07) is 0. The van der Waals surface area contributed by atoms with Gasteiger partial charge in [-0.2, -0.15) is 74.6 Å². The minimum Gasteiger partial charge on any atom is -0.550 e. The molecule has 35 heavy (non-hydrogen) atoms. The number of carbonyl (C=O) groups excluding carboxylic acids is 2. The van der Waals surface area contributed by atoms with Crippen molar-refractivity contribution in [2.24, 2.45) is 0 Å². The van der Waals surface area contributed by atoms with Crippen molar-refractivity contribution in [3.63, 3.8) is 0 Å². The second kappa shape index (κ2) is 9.90. The molecule has 0 atom stereocenters. The van der Waals surface area contributed by atoms with Gasteiger partial charge in [-0.15, -0.1) is 0 Å². The molecule has 0 bridgehead atoms. The molecule has 4 nitrogen and oxygen atoms in total. The van der Waals surface area contributed by atoms with Gasteiger partial charge in [-0.25, -0.2) is 0 Å². The van der Waals surface area contributed by atoms with E-state index in [0.717, 1.165) is 0 Å². The van der Waals surface area contributed by atoms with Crippen LogP contribution < -0.4 is 34.7 Å². The van der Waals surface area contributed by atoms with Crippen molar-refractivity contribution in [1.82, 2.24) is 4.90 Å². The van der Waals surface area contributed by atoms with E-state index in [4.69, 9.17) is 0 Å². The van der Waals surface area contributed by atoms with E-state index >= 15 is 0 Å². The summed E-state index contributed by atoms with van der Waals surface area (Å²) in [7, 11) is -0.0435. The summed E-state index contributed by atoms with van der Waals surface area (Å²) in [5, 5.41) is 10.1. The van der Waals surface area contributed by atoms with Gasteiger partial charge in [-0.1, -0.05) is 0 Å². The first-order valence-electron chi connectivity index (χ1n) is 7.67. The van der Waals surface area contributed by atoms with Crippen LogP contribution in [0.5, 0.6) is 0 Å². The van der Waals surface area contributed by atoms with Crippen molar-refractivity contribution in [2.75, 3.05) is 13.6 Å². The van der Waals surface area contributed by atoms with Crippen molar-refractivity contribution in [3.05, 3.63) is 0 Å². The molecule has 0 aromatic heterocycles. The maximum absolute atomic E-state index is 13.6. The number of rotatable bonds is 10. The Balaban J connectivity index is 0. The Labute approximate surface area is 203 Å². The van der Waals surface area contributed by atoms with Gasteiger partial charge < -0.3 is 14.8 Å². The van der Waals surface area contributed by atoms with E-state index in [0.29, 0.717) is 0 Å². The van der Waals surface area contributed by atoms with Crippen LogP contribution in [0.3, 0.4) is 0 Å². The van der Waals surface area contributed by atoms with Crippen molar-refractivity contribution in [3.8, 4) is 0 Å². The Morgan fingerprint density at radius 2 is 0.886 bits per heavy atom. The van der Waals surface area contributed by atoms with Gasteiger partial charge in [-0.3, -0.25) is 4.79 Å². The minimum atomic E-state index is -8.80. The summed E-state index contributed by atoms with van der Waals surface area (Å²) >= 11 is 0. The molecule has 0 aliphatic rings. The molecule has 1 amide bonds. The first kappa shape index (κ1) is 35.9. The second-order valence-electron chi connectivity index (χ2n) is 6.37. The predicted octanol–water partition coefficient (Wildman–Crippen LogP) is 0.598. The van der Waals surface area contributed by atoms with Gasteiger partial charge in [0.15, 0.2) is 0 Å². The molecule has 0 aliphatic heterocycles. The van der Waals surface area contributed by atoms with Gasteiger partial charge in [0, 0.05) is 26.0 Å². The summed E-state index contributed by atoms with van der Waals surface area (Å²) < 4.78 is 222. The number of alkyl halides is 17. The summed E-state index contributed by atoms with van der Waals surface area (Å²) in [6.07, 6.45) is -9.34. The van der Waals surface area contributed by atoms with E-state index < -0.39 is 77.4 Å². The summed E-state index contributed by atoms with van der Waals surface area (Å²) in [5.41, 5.74) is 0. The average Bonchev–Trinajstić information content (AvgIpc) is 2.63. The Kier molecular flexibility index (Phi) is 10.2. The average molecular weight is 571 g/mol. The second-order valence-corrected chi connectivity index (χ2v) is 6.37. The number of aliphatic carboxylic acids is 1. The molecule has 0 aromatic rings. The van der Waals surface area contributed by atoms with Crippen molar-refractivity contribution < 1.29 is 119 Å². The molecule has 22 heteroatoms. The third-order valence-electron chi connectivity index (χ3n) is 3.99. The van der Waals surface area contributed by atoms with Crippen molar-refractivity contribution in [2.45, 2.75) is 54.1 Å². The molecule has 0 saturated heterocycles. The number of carboxylic acids is 1. The van der Waals surface area contributed by atoms with Crippen LogP contribution in [0, 0.1) is 0 Å². The number of hydrogen-bond acceptors (Lipinski definition) is 3. The standard InChI is InChI=1S/C13H8F17NO3.Na/c1-31(3-2-4(32)33)5(34)6(14,15)7(16,17)8(18,19)9(20,21)10(22,23)11(24,25)12(26,27)13(28,29)30;/h2-3H2,1H3,(H,32,33);/q;+1/p-1. The molecule has 0 fully saturated rings. The van der Waals surface area contributed by atoms with Gasteiger partial charge in [0.2, 0.25) is 0 Å². The number of hydrogen-bond donors (Lipinski definition) is 0. The van der Waals surface area contributed by atoms with Gasteiger partial charge in [0.1, 0.15) is 0 Å². The zero-order valence-electron chi connectivity index (χ0n) is 16.5. The Morgan fingerprint density at radius 3 is 1.17 bits per heavy atom. The minimum absolute atomic E-state index is 0. The zero-order valence-corrected chi connectivity index (χ0v) is 18.5. The normalized spacial score (nSPS) is 14.9. The number of nitrogens with zero attached hydrogens (tertiary/aromatic N) is 1. The molecule has 0 rings (SSSR count). The fourth-order valence-corrected chi connectivity index (χ4v) is 1.90. The first-order valence-corrected chi connectivity index (χ1v) is 7.67. The largest absolute Gasteiger partial charge is 1.00 e. The van der Waals surface area contributed by atoms with E-state index in [1.807, 2.05) is 0 Å². The molecule has 0 unspecified atom stereocenters. The maximum atomic E-state index is 13.6. The third kappa shape index (κ3) is 5.26. The van der Waals surface area contributed by atoms with E-state index in [1.165, 1.54) is 0 Å². The SMILES string of the molecule is CN(CCC(=O)[O-])C(=O)C(F)(F)C(F)(F)C(F)(F)C(F)(F)C(F)(F)C(F)(F)C(F)(F)C(F)(F)F.[Na+]. The third-order valence-corrected chi connectivity index (χ3v) is 3.99. The number of carbonyl (C=O) groups is 2. The van der Waals surface area contributed by atoms with Gasteiger partial charge in [-0.05, 0) is 0 Å². The van der Waals surface area contributed by atoms with Crippen molar-refractivity contribution >= 4 is 11.9 Å². The maximum Gasteiger partial charge on any atom is 1.00 e. The molecule has 0 aromatic carbocycles. The van der Waals surface area contributed by atoms with Crippen LogP contribution >= 0.6 is 0 Å². The molecule has 0 aliphatic carbocycles. The quantitative estimate of drug-likeness (QED) is 0.285. The molecular weight excluding hydrogens is 564 g/mol. The van der Waals surface area contributed by atoms with E-state index in [2.05, 4.69) is 0 Å². The Morgan fingerprint density at radius 1 is 0.600 bits per heavy atom. The molecule has 0 radical (unpaired) electrons. The molecular formula is C13H7F17NNaO3. The zero-order chi connectivity index (χ0) is 28.1. The van der Waals surface area contributed by atoms with E-state index in [-0.39, 0.29) is 36.6 Å². The molecule has 0 heterocycles. The molecule has 0 N–H and O–H groups in total. The monoisotopic (exact) mass is 571 g/mol. The predicted molar refractivity (Wildman–Crippen MR) is 67.9 cm³/mol. The van der Waals surface area contributed by atoms with E-state index in [9.17, 15) is 89.3 Å². The number of halogens is 17.